The summed E-state index contributed by atoms with van der Waals surface area (Å²) in [6, 6.07) is 10.9. The molecule has 1 fully saturated rings. The zero-order valence-electron chi connectivity index (χ0n) is 14.9. The van der Waals surface area contributed by atoms with Gasteiger partial charge in [-0.25, -0.2) is 0 Å². The van der Waals surface area contributed by atoms with Crippen LogP contribution < -0.4 is 10.1 Å². The molecule has 6 nitrogen and oxygen atoms in total. The largest absolute Gasteiger partial charge is 0.497 e. The minimum absolute atomic E-state index is 0.0106. The fraction of sp³-hybridized carbons (Fsp3) is 0.350. The molecule has 1 aromatic heterocycles. The van der Waals surface area contributed by atoms with Crippen molar-refractivity contribution in [3.05, 3.63) is 59.9 Å². The number of carbonyl (C=O) groups is 2. The normalized spacial score (nSPS) is 16.3. The molecule has 26 heavy (non-hydrogen) atoms. The maximum Gasteiger partial charge on any atom is 0.253 e. The molecule has 1 atom stereocenters. The van der Waals surface area contributed by atoms with Gasteiger partial charge in [-0.15, -0.1) is 0 Å². The van der Waals surface area contributed by atoms with Crippen molar-refractivity contribution in [2.24, 2.45) is 5.92 Å². The molecule has 1 saturated heterocycles. The summed E-state index contributed by atoms with van der Waals surface area (Å²) >= 11 is 0. The van der Waals surface area contributed by atoms with E-state index in [4.69, 9.17) is 4.74 Å². The second kappa shape index (κ2) is 8.47. The highest BCUT2D eigenvalue weighted by Gasteiger charge is 2.28. The van der Waals surface area contributed by atoms with Crippen LogP contribution in [0.1, 0.15) is 28.8 Å². The van der Waals surface area contributed by atoms with Crippen LogP contribution in [-0.4, -0.2) is 41.9 Å². The van der Waals surface area contributed by atoms with Gasteiger partial charge in [0.1, 0.15) is 5.75 Å². The maximum atomic E-state index is 12.6. The molecule has 2 amide bonds. The number of hydrogen-bond acceptors (Lipinski definition) is 4. The van der Waals surface area contributed by atoms with Crippen molar-refractivity contribution in [2.45, 2.75) is 19.4 Å². The first-order valence-electron chi connectivity index (χ1n) is 8.74. The van der Waals surface area contributed by atoms with Gasteiger partial charge in [-0.1, -0.05) is 6.07 Å². The molecule has 1 aliphatic rings. The molecular formula is C20H23N3O3. The van der Waals surface area contributed by atoms with Crippen LogP contribution in [0, 0.1) is 5.92 Å². The number of nitrogens with one attached hydrogen (secondary N) is 1. The molecule has 0 spiro atoms. The quantitative estimate of drug-likeness (QED) is 0.865. The summed E-state index contributed by atoms with van der Waals surface area (Å²) in [5, 5.41) is 2.93. The van der Waals surface area contributed by atoms with Crippen LogP contribution in [-0.2, 0) is 11.3 Å². The highest BCUT2D eigenvalue weighted by atomic mass is 16.5. The van der Waals surface area contributed by atoms with Gasteiger partial charge in [-0.3, -0.25) is 14.6 Å². The molecule has 0 radical (unpaired) electrons. The second-order valence-corrected chi connectivity index (χ2v) is 6.47. The molecule has 1 unspecified atom stereocenters. The van der Waals surface area contributed by atoms with E-state index in [0.717, 1.165) is 12.0 Å². The van der Waals surface area contributed by atoms with Gasteiger partial charge in [0.15, 0.2) is 0 Å². The number of benzene rings is 1. The van der Waals surface area contributed by atoms with E-state index in [1.807, 2.05) is 29.2 Å². The summed E-state index contributed by atoms with van der Waals surface area (Å²) in [4.78, 5) is 30.6. The summed E-state index contributed by atoms with van der Waals surface area (Å²) in [5.74, 6) is 0.871. The third-order valence-corrected chi connectivity index (χ3v) is 4.60. The summed E-state index contributed by atoms with van der Waals surface area (Å²) in [6.45, 7) is 1.79. The van der Waals surface area contributed by atoms with E-state index >= 15 is 0 Å². The minimum atomic E-state index is -0.0106. The molecular weight excluding hydrogens is 330 g/mol. The lowest BCUT2D eigenvalue weighted by Crippen LogP contribution is -2.30. The number of pyridine rings is 1. The average molecular weight is 353 g/mol. The number of aromatic nitrogens is 1. The highest BCUT2D eigenvalue weighted by Crippen LogP contribution is 2.23. The third kappa shape index (κ3) is 4.59. The van der Waals surface area contributed by atoms with Gasteiger partial charge in [-0.05, 0) is 48.2 Å². The molecule has 1 N–H and O–H groups in total. The molecule has 1 aliphatic heterocycles. The SMILES string of the molecule is COc1cccc(C(=O)N2CCC(CC(=O)NCc3ccncc3)C2)c1. The van der Waals surface area contributed by atoms with E-state index in [0.29, 0.717) is 37.4 Å². The van der Waals surface area contributed by atoms with Gasteiger partial charge < -0.3 is 15.0 Å². The van der Waals surface area contributed by atoms with Crippen molar-refractivity contribution < 1.29 is 14.3 Å². The lowest BCUT2D eigenvalue weighted by atomic mass is 10.0. The van der Waals surface area contributed by atoms with E-state index in [1.165, 1.54) is 0 Å². The number of nitrogens with zero attached hydrogens (tertiary/aromatic N) is 2. The number of methoxy groups -OCH3 is 1. The molecule has 0 saturated carbocycles. The Labute approximate surface area is 153 Å². The molecule has 2 aromatic rings. The molecule has 3 rings (SSSR count). The smallest absolute Gasteiger partial charge is 0.253 e. The highest BCUT2D eigenvalue weighted by molar-refractivity contribution is 5.94. The van der Waals surface area contributed by atoms with Crippen molar-refractivity contribution in [3.8, 4) is 5.75 Å². The Morgan fingerprint density at radius 3 is 2.85 bits per heavy atom. The summed E-state index contributed by atoms with van der Waals surface area (Å²) < 4.78 is 5.18. The molecule has 2 heterocycles. The van der Waals surface area contributed by atoms with E-state index in [2.05, 4.69) is 10.3 Å². The Bertz CT molecular complexity index is 764. The Balaban J connectivity index is 1.48. The van der Waals surface area contributed by atoms with Crippen LogP contribution in [0.2, 0.25) is 0 Å². The zero-order chi connectivity index (χ0) is 18.4. The van der Waals surface area contributed by atoms with Crippen molar-refractivity contribution in [3.63, 3.8) is 0 Å². The molecule has 6 heteroatoms. The number of amides is 2. The topological polar surface area (TPSA) is 71.5 Å². The minimum Gasteiger partial charge on any atom is -0.497 e. The standard InChI is InChI=1S/C20H23N3O3/c1-26-18-4-2-3-17(12-18)20(25)23-10-7-16(14-23)11-19(24)22-13-15-5-8-21-9-6-15/h2-6,8-9,12,16H,7,10-11,13-14H2,1H3,(H,22,24). The van der Waals surface area contributed by atoms with Crippen molar-refractivity contribution in [2.75, 3.05) is 20.2 Å². The number of likely N-dealkylation sites (tertiary alicyclic amines) is 1. The fourth-order valence-corrected chi connectivity index (χ4v) is 3.16. The zero-order valence-corrected chi connectivity index (χ0v) is 14.9. The summed E-state index contributed by atoms with van der Waals surface area (Å²) in [6.07, 6.45) is 4.70. The van der Waals surface area contributed by atoms with Crippen molar-refractivity contribution in [1.82, 2.24) is 15.2 Å². The van der Waals surface area contributed by atoms with Crippen LogP contribution in [0.25, 0.3) is 0 Å². The van der Waals surface area contributed by atoms with E-state index in [9.17, 15) is 9.59 Å². The molecule has 0 bridgehead atoms. The Morgan fingerprint density at radius 2 is 2.08 bits per heavy atom. The first-order valence-corrected chi connectivity index (χ1v) is 8.74. The van der Waals surface area contributed by atoms with Gasteiger partial charge in [0.2, 0.25) is 5.91 Å². The molecule has 1 aromatic carbocycles. The monoisotopic (exact) mass is 353 g/mol. The van der Waals surface area contributed by atoms with Crippen LogP contribution in [0.3, 0.4) is 0 Å². The van der Waals surface area contributed by atoms with Crippen molar-refractivity contribution >= 4 is 11.8 Å². The van der Waals surface area contributed by atoms with E-state index < -0.39 is 0 Å². The number of hydrogen-bond donors (Lipinski definition) is 1. The predicted octanol–water partition coefficient (Wildman–Crippen LogP) is 2.26. The van der Waals surface area contributed by atoms with Crippen LogP contribution in [0.4, 0.5) is 0 Å². The average Bonchev–Trinajstić information content (AvgIpc) is 3.15. The Hall–Kier alpha value is -2.89. The summed E-state index contributed by atoms with van der Waals surface area (Å²) in [5.41, 5.74) is 1.64. The lowest BCUT2D eigenvalue weighted by Gasteiger charge is -2.17. The van der Waals surface area contributed by atoms with Crippen LogP contribution in [0.15, 0.2) is 48.8 Å². The Morgan fingerprint density at radius 1 is 1.27 bits per heavy atom. The predicted molar refractivity (Wildman–Crippen MR) is 97.7 cm³/mol. The second-order valence-electron chi connectivity index (χ2n) is 6.47. The number of rotatable bonds is 6. The first-order chi connectivity index (χ1) is 12.7. The molecule has 0 aliphatic carbocycles. The van der Waals surface area contributed by atoms with Crippen LogP contribution in [0.5, 0.6) is 5.75 Å². The van der Waals surface area contributed by atoms with Gasteiger partial charge in [-0.2, -0.15) is 0 Å². The van der Waals surface area contributed by atoms with Gasteiger partial charge >= 0.3 is 0 Å². The van der Waals surface area contributed by atoms with E-state index in [1.54, 1.807) is 31.6 Å². The summed E-state index contributed by atoms with van der Waals surface area (Å²) in [7, 11) is 1.58. The fourth-order valence-electron chi connectivity index (χ4n) is 3.16. The van der Waals surface area contributed by atoms with Gasteiger partial charge in [0.25, 0.3) is 5.91 Å². The van der Waals surface area contributed by atoms with Crippen molar-refractivity contribution in [1.29, 1.82) is 0 Å². The number of carbonyl (C=O) groups excluding carboxylic acids is 2. The molecule has 136 valence electrons. The lowest BCUT2D eigenvalue weighted by molar-refractivity contribution is -0.122. The third-order valence-electron chi connectivity index (χ3n) is 4.60. The first kappa shape index (κ1) is 17.9. The van der Waals surface area contributed by atoms with E-state index in [-0.39, 0.29) is 17.7 Å². The van der Waals surface area contributed by atoms with Gasteiger partial charge in [0, 0.05) is 44.0 Å². The number of ether oxygens (including phenoxy) is 1. The van der Waals surface area contributed by atoms with Crippen LogP contribution >= 0.6 is 0 Å². The Kier molecular flexibility index (Phi) is 5.84. The maximum absolute atomic E-state index is 12.6. The van der Waals surface area contributed by atoms with Gasteiger partial charge in [0.05, 0.1) is 7.11 Å².